The van der Waals surface area contributed by atoms with Gasteiger partial charge in [0, 0.05) is 17.9 Å². The lowest BCUT2D eigenvalue weighted by Gasteiger charge is -2.04. The van der Waals surface area contributed by atoms with E-state index in [1.165, 1.54) is 0 Å². The summed E-state index contributed by atoms with van der Waals surface area (Å²) in [6.07, 6.45) is 2.87. The van der Waals surface area contributed by atoms with Gasteiger partial charge in [-0.2, -0.15) is 0 Å². The van der Waals surface area contributed by atoms with E-state index in [9.17, 15) is 9.90 Å². The third kappa shape index (κ3) is 1.34. The molecule has 0 bridgehead atoms. The fourth-order valence-corrected chi connectivity index (χ4v) is 1.32. The highest BCUT2D eigenvalue weighted by Gasteiger charge is 2.28. The normalized spacial score (nSPS) is 24.5. The number of hydrogen-bond acceptors (Lipinski definition) is 2. The molecule has 1 aliphatic carbocycles. The van der Waals surface area contributed by atoms with Gasteiger partial charge in [0.15, 0.2) is 5.78 Å². The van der Waals surface area contributed by atoms with Crippen LogP contribution in [0.15, 0.2) is 24.0 Å². The van der Waals surface area contributed by atoms with E-state index in [0.717, 1.165) is 0 Å². The van der Waals surface area contributed by atoms with Crippen molar-refractivity contribution in [1.82, 2.24) is 0 Å². The Balaban J connectivity index is 2.76. The molecule has 1 N–H and O–H groups in total. The van der Waals surface area contributed by atoms with Gasteiger partial charge >= 0.3 is 0 Å². The Kier molecular flexibility index (Phi) is 2.13. The average Bonchev–Trinajstić information content (AvgIpc) is 2.19. The standard InChI is InChI=1S/C9H12O2/c1-3-4-7-5-8(10)6(2)9(7)11/h3,7,11H,1,4-5H2,2H3. The number of hydrogen-bond donors (Lipinski definition) is 1. The minimum atomic E-state index is -0.000000000000000222. The summed E-state index contributed by atoms with van der Waals surface area (Å²) in [5.74, 6) is 0.323. The maximum absolute atomic E-state index is 11.0. The zero-order valence-corrected chi connectivity index (χ0v) is 6.63. The van der Waals surface area contributed by atoms with E-state index in [1.54, 1.807) is 13.0 Å². The maximum Gasteiger partial charge on any atom is 0.162 e. The molecule has 0 fully saturated rings. The first-order chi connectivity index (χ1) is 5.16. The Morgan fingerprint density at radius 2 is 2.45 bits per heavy atom. The lowest BCUT2D eigenvalue weighted by molar-refractivity contribution is -0.115. The van der Waals surface area contributed by atoms with Crippen LogP contribution >= 0.6 is 0 Å². The number of allylic oxidation sites excluding steroid dienone is 3. The van der Waals surface area contributed by atoms with E-state index >= 15 is 0 Å². The maximum atomic E-state index is 11.0. The molecule has 0 aromatic carbocycles. The van der Waals surface area contributed by atoms with Crippen LogP contribution in [0.3, 0.4) is 0 Å². The number of carbonyl (C=O) groups is 1. The smallest absolute Gasteiger partial charge is 0.162 e. The zero-order chi connectivity index (χ0) is 8.43. The molecule has 1 aliphatic rings. The van der Waals surface area contributed by atoms with Gasteiger partial charge in [-0.3, -0.25) is 4.79 Å². The third-order valence-corrected chi connectivity index (χ3v) is 2.07. The van der Waals surface area contributed by atoms with Gasteiger partial charge in [-0.1, -0.05) is 6.08 Å². The van der Waals surface area contributed by atoms with Crippen molar-refractivity contribution >= 4 is 5.78 Å². The fraction of sp³-hybridized carbons (Fsp3) is 0.444. The summed E-state index contributed by atoms with van der Waals surface area (Å²) in [5, 5.41) is 9.37. The highest BCUT2D eigenvalue weighted by Crippen LogP contribution is 2.29. The summed E-state index contributed by atoms with van der Waals surface area (Å²) >= 11 is 0. The third-order valence-electron chi connectivity index (χ3n) is 2.07. The summed E-state index contributed by atoms with van der Waals surface area (Å²) in [6.45, 7) is 5.23. The van der Waals surface area contributed by atoms with Gasteiger partial charge in [-0.15, -0.1) is 6.58 Å². The van der Waals surface area contributed by atoms with Gasteiger partial charge in [-0.25, -0.2) is 0 Å². The Morgan fingerprint density at radius 3 is 2.82 bits per heavy atom. The van der Waals surface area contributed by atoms with Crippen LogP contribution in [0.25, 0.3) is 0 Å². The highest BCUT2D eigenvalue weighted by molar-refractivity contribution is 5.98. The molecule has 0 aliphatic heterocycles. The van der Waals surface area contributed by atoms with E-state index in [4.69, 9.17) is 0 Å². The molecular weight excluding hydrogens is 140 g/mol. The molecule has 1 atom stereocenters. The summed E-state index contributed by atoms with van der Waals surface area (Å²) in [6, 6.07) is 0. The predicted molar refractivity (Wildman–Crippen MR) is 43.3 cm³/mol. The second-order valence-electron chi connectivity index (χ2n) is 2.86. The first-order valence-corrected chi connectivity index (χ1v) is 3.70. The minimum Gasteiger partial charge on any atom is -0.512 e. The van der Waals surface area contributed by atoms with Crippen LogP contribution in [-0.4, -0.2) is 10.9 Å². The second-order valence-corrected chi connectivity index (χ2v) is 2.86. The first-order valence-electron chi connectivity index (χ1n) is 3.70. The van der Waals surface area contributed by atoms with Crippen molar-refractivity contribution in [1.29, 1.82) is 0 Å². The minimum absolute atomic E-state index is 0.000000000000000222. The van der Waals surface area contributed by atoms with Crippen LogP contribution in [0.5, 0.6) is 0 Å². The van der Waals surface area contributed by atoms with Crippen LogP contribution in [0.4, 0.5) is 0 Å². The van der Waals surface area contributed by atoms with Crippen molar-refractivity contribution in [3.8, 4) is 0 Å². The Hall–Kier alpha value is -1.05. The van der Waals surface area contributed by atoms with Crippen molar-refractivity contribution in [2.75, 3.05) is 0 Å². The summed E-state index contributed by atoms with van der Waals surface area (Å²) in [5.41, 5.74) is 0.525. The van der Waals surface area contributed by atoms with E-state index in [2.05, 4.69) is 6.58 Å². The Bertz CT molecular complexity index is 226. The zero-order valence-electron chi connectivity index (χ0n) is 6.63. The van der Waals surface area contributed by atoms with Crippen LogP contribution in [0.2, 0.25) is 0 Å². The van der Waals surface area contributed by atoms with Gasteiger partial charge in [0.1, 0.15) is 5.76 Å². The number of aliphatic hydroxyl groups is 1. The molecule has 0 saturated heterocycles. The van der Waals surface area contributed by atoms with Gasteiger partial charge in [0.05, 0.1) is 0 Å². The van der Waals surface area contributed by atoms with Crippen LogP contribution in [0, 0.1) is 5.92 Å². The molecule has 11 heavy (non-hydrogen) atoms. The quantitative estimate of drug-likeness (QED) is 0.614. The van der Waals surface area contributed by atoms with Crippen molar-refractivity contribution < 1.29 is 9.90 Å². The van der Waals surface area contributed by atoms with Crippen molar-refractivity contribution in [2.24, 2.45) is 5.92 Å². The summed E-state index contributed by atoms with van der Waals surface area (Å²) in [7, 11) is 0. The second kappa shape index (κ2) is 2.91. The predicted octanol–water partition coefficient (Wildman–Crippen LogP) is 1.98. The first kappa shape index (κ1) is 8.05. The average molecular weight is 152 g/mol. The van der Waals surface area contributed by atoms with E-state index in [-0.39, 0.29) is 17.5 Å². The molecule has 0 heterocycles. The van der Waals surface area contributed by atoms with Crippen molar-refractivity contribution in [2.45, 2.75) is 19.8 Å². The summed E-state index contributed by atoms with van der Waals surface area (Å²) < 4.78 is 0. The number of ketones is 1. The van der Waals surface area contributed by atoms with Crippen molar-refractivity contribution in [3.05, 3.63) is 24.0 Å². The number of carbonyl (C=O) groups excluding carboxylic acids is 1. The molecule has 0 saturated carbocycles. The largest absolute Gasteiger partial charge is 0.512 e. The van der Waals surface area contributed by atoms with E-state index in [1.807, 2.05) is 0 Å². The van der Waals surface area contributed by atoms with E-state index < -0.39 is 0 Å². The SMILES string of the molecule is C=CCC1CC(=O)C(C)=C1O. The van der Waals surface area contributed by atoms with Crippen molar-refractivity contribution in [3.63, 3.8) is 0 Å². The molecule has 1 rings (SSSR count). The van der Waals surface area contributed by atoms with Crippen LogP contribution in [0.1, 0.15) is 19.8 Å². The number of rotatable bonds is 2. The number of aliphatic hydroxyl groups excluding tert-OH is 1. The molecule has 1 unspecified atom stereocenters. The molecule has 2 heteroatoms. The Morgan fingerprint density at radius 1 is 1.82 bits per heavy atom. The molecule has 0 aromatic heterocycles. The Labute approximate surface area is 66.2 Å². The molecule has 0 aromatic rings. The lowest BCUT2D eigenvalue weighted by atomic mass is 10.0. The van der Waals surface area contributed by atoms with Gasteiger partial charge in [0.25, 0.3) is 0 Å². The lowest BCUT2D eigenvalue weighted by Crippen LogP contribution is -1.98. The molecular formula is C9H12O2. The van der Waals surface area contributed by atoms with Crippen LogP contribution in [-0.2, 0) is 4.79 Å². The topological polar surface area (TPSA) is 37.3 Å². The number of Topliss-reactive ketones (excluding diaryl/α,β-unsaturated/α-hetero) is 1. The molecule has 0 radical (unpaired) electrons. The molecule has 0 amide bonds. The monoisotopic (exact) mass is 152 g/mol. The van der Waals surface area contributed by atoms with Crippen LogP contribution < -0.4 is 0 Å². The van der Waals surface area contributed by atoms with E-state index in [0.29, 0.717) is 18.4 Å². The highest BCUT2D eigenvalue weighted by atomic mass is 16.3. The van der Waals surface area contributed by atoms with Gasteiger partial charge < -0.3 is 5.11 Å². The molecule has 60 valence electrons. The molecule has 0 spiro atoms. The van der Waals surface area contributed by atoms with Gasteiger partial charge in [-0.05, 0) is 13.3 Å². The van der Waals surface area contributed by atoms with Gasteiger partial charge in [0.2, 0.25) is 0 Å². The fourth-order valence-electron chi connectivity index (χ4n) is 1.32. The summed E-state index contributed by atoms with van der Waals surface area (Å²) in [4.78, 5) is 11.0. The molecule has 2 nitrogen and oxygen atoms in total.